The summed E-state index contributed by atoms with van der Waals surface area (Å²) in [6.07, 6.45) is 11.1. The largest absolute Gasteiger partial charge is 0.0527 e. The van der Waals surface area contributed by atoms with Crippen LogP contribution in [0.1, 0.15) is 44.9 Å². The Bertz CT molecular complexity index is 135. The van der Waals surface area contributed by atoms with E-state index in [0.29, 0.717) is 0 Å². The van der Waals surface area contributed by atoms with Crippen molar-refractivity contribution in [1.82, 2.24) is 0 Å². The molecule has 0 aromatic rings. The first-order valence-corrected chi connectivity index (χ1v) is 5.45. The van der Waals surface area contributed by atoms with Crippen molar-refractivity contribution >= 4 is 0 Å². The maximum absolute atomic E-state index is 1.59. The van der Waals surface area contributed by atoms with E-state index in [0.717, 1.165) is 0 Å². The molecule has 0 heterocycles. The molecule has 2 bridgehead atoms. The Kier molecular flexibility index (Phi) is 1.33. The Hall–Kier alpha value is 0. The Morgan fingerprint density at radius 2 is 1.00 bits per heavy atom. The van der Waals surface area contributed by atoms with Crippen LogP contribution in [0.5, 0.6) is 0 Å². The second-order valence-electron chi connectivity index (χ2n) is 4.93. The maximum atomic E-state index is 1.59. The molecule has 0 N–H and O–H groups in total. The number of rotatable bonds is 0. The summed E-state index contributed by atoms with van der Waals surface area (Å²) in [4.78, 5) is 0. The highest BCUT2D eigenvalue weighted by atomic mass is 14.5. The van der Waals surface area contributed by atoms with E-state index in [-0.39, 0.29) is 0 Å². The third kappa shape index (κ3) is 0.816. The standard InChI is InChI=1S/C11H18/c1-2-10-8-4-6-9(7-5-8)11(10)3-1/h8-11H,1-7H2/t8?,9?,10-,11-/m1/s1. The summed E-state index contributed by atoms with van der Waals surface area (Å²) in [6, 6.07) is 0. The fourth-order valence-electron chi connectivity index (χ4n) is 4.19. The summed E-state index contributed by atoms with van der Waals surface area (Å²) in [5.74, 6) is 4.74. The van der Waals surface area contributed by atoms with Crippen molar-refractivity contribution in [3.63, 3.8) is 0 Å². The van der Waals surface area contributed by atoms with Gasteiger partial charge in [0.2, 0.25) is 0 Å². The second kappa shape index (κ2) is 2.24. The molecule has 0 aliphatic heterocycles. The van der Waals surface area contributed by atoms with Gasteiger partial charge in [-0.1, -0.05) is 6.42 Å². The van der Waals surface area contributed by atoms with Gasteiger partial charge in [0.15, 0.2) is 0 Å². The van der Waals surface area contributed by atoms with Gasteiger partial charge in [-0.05, 0) is 62.2 Å². The first-order chi connectivity index (χ1) is 5.45. The normalized spacial score (nSPS) is 54.5. The molecular weight excluding hydrogens is 132 g/mol. The molecule has 2 atom stereocenters. The van der Waals surface area contributed by atoms with Gasteiger partial charge in [0.1, 0.15) is 0 Å². The first-order valence-electron chi connectivity index (χ1n) is 5.45. The molecule has 0 radical (unpaired) electrons. The molecule has 62 valence electrons. The van der Waals surface area contributed by atoms with Crippen molar-refractivity contribution in [2.24, 2.45) is 23.7 Å². The molecule has 0 amide bonds. The zero-order valence-corrected chi connectivity index (χ0v) is 7.26. The highest BCUT2D eigenvalue weighted by Crippen LogP contribution is 2.55. The molecule has 0 spiro atoms. The lowest BCUT2D eigenvalue weighted by atomic mass is 9.60. The first kappa shape index (κ1) is 6.51. The number of fused-ring (bicyclic) bond motifs is 2. The van der Waals surface area contributed by atoms with Crippen molar-refractivity contribution in [2.75, 3.05) is 0 Å². The zero-order valence-electron chi connectivity index (χ0n) is 7.26. The van der Waals surface area contributed by atoms with Crippen molar-refractivity contribution < 1.29 is 0 Å². The van der Waals surface area contributed by atoms with Crippen LogP contribution in [0.2, 0.25) is 0 Å². The molecule has 4 saturated carbocycles. The lowest BCUT2D eigenvalue weighted by molar-refractivity contribution is 0.0455. The van der Waals surface area contributed by atoms with E-state index >= 15 is 0 Å². The number of hydrogen-bond acceptors (Lipinski definition) is 0. The molecular formula is C11H18. The highest BCUT2D eigenvalue weighted by molar-refractivity contribution is 4.95. The van der Waals surface area contributed by atoms with Gasteiger partial charge < -0.3 is 0 Å². The van der Waals surface area contributed by atoms with Crippen LogP contribution in [0.4, 0.5) is 0 Å². The summed E-state index contributed by atoms with van der Waals surface area (Å²) < 4.78 is 0. The van der Waals surface area contributed by atoms with Crippen LogP contribution >= 0.6 is 0 Å². The van der Waals surface area contributed by atoms with Crippen molar-refractivity contribution in [2.45, 2.75) is 44.9 Å². The van der Waals surface area contributed by atoms with Crippen LogP contribution in [-0.4, -0.2) is 0 Å². The van der Waals surface area contributed by atoms with Gasteiger partial charge in [-0.25, -0.2) is 0 Å². The maximum Gasteiger partial charge on any atom is -0.0355 e. The smallest absolute Gasteiger partial charge is 0.0355 e. The van der Waals surface area contributed by atoms with Crippen molar-refractivity contribution in [3.8, 4) is 0 Å². The second-order valence-corrected chi connectivity index (χ2v) is 4.93. The van der Waals surface area contributed by atoms with E-state index in [2.05, 4.69) is 0 Å². The Morgan fingerprint density at radius 3 is 1.45 bits per heavy atom. The van der Waals surface area contributed by atoms with Crippen LogP contribution in [0.25, 0.3) is 0 Å². The minimum Gasteiger partial charge on any atom is -0.0527 e. The Balaban J connectivity index is 1.89. The summed E-state index contributed by atoms with van der Waals surface area (Å²) >= 11 is 0. The van der Waals surface area contributed by atoms with E-state index in [1.807, 2.05) is 0 Å². The molecule has 4 aliphatic carbocycles. The van der Waals surface area contributed by atoms with Gasteiger partial charge in [0.05, 0.1) is 0 Å². The van der Waals surface area contributed by atoms with E-state index in [9.17, 15) is 0 Å². The van der Waals surface area contributed by atoms with Crippen LogP contribution in [-0.2, 0) is 0 Å². The predicted molar refractivity (Wildman–Crippen MR) is 46.3 cm³/mol. The van der Waals surface area contributed by atoms with Crippen molar-refractivity contribution in [1.29, 1.82) is 0 Å². The van der Waals surface area contributed by atoms with E-state index < -0.39 is 0 Å². The average molecular weight is 150 g/mol. The molecule has 4 fully saturated rings. The monoisotopic (exact) mass is 150 g/mol. The third-order valence-electron chi connectivity index (χ3n) is 4.65. The van der Waals surface area contributed by atoms with Gasteiger partial charge in [-0.2, -0.15) is 0 Å². The molecule has 11 heavy (non-hydrogen) atoms. The Labute approximate surface area is 69.4 Å². The summed E-state index contributed by atoms with van der Waals surface area (Å²) in [5.41, 5.74) is 0. The predicted octanol–water partition coefficient (Wildman–Crippen LogP) is 3.22. The molecule has 0 saturated heterocycles. The topological polar surface area (TPSA) is 0 Å². The Morgan fingerprint density at radius 1 is 0.545 bits per heavy atom. The van der Waals surface area contributed by atoms with Crippen LogP contribution < -0.4 is 0 Å². The molecule has 0 unspecified atom stereocenters. The van der Waals surface area contributed by atoms with E-state index in [1.165, 1.54) is 23.7 Å². The molecule has 0 heteroatoms. The number of hydrogen-bond donors (Lipinski definition) is 0. The van der Waals surface area contributed by atoms with E-state index in [4.69, 9.17) is 0 Å². The highest BCUT2D eigenvalue weighted by Gasteiger charge is 2.45. The summed E-state index contributed by atoms with van der Waals surface area (Å²) in [5, 5.41) is 0. The summed E-state index contributed by atoms with van der Waals surface area (Å²) in [6.45, 7) is 0. The van der Waals surface area contributed by atoms with E-state index in [1.54, 1.807) is 44.9 Å². The van der Waals surface area contributed by atoms with Gasteiger partial charge in [0, 0.05) is 0 Å². The van der Waals surface area contributed by atoms with Gasteiger partial charge in [-0.3, -0.25) is 0 Å². The minimum absolute atomic E-state index is 1.17. The molecule has 4 rings (SSSR count). The molecule has 0 aromatic heterocycles. The average Bonchev–Trinajstić information content (AvgIpc) is 2.55. The molecule has 4 aliphatic rings. The fraction of sp³-hybridized carbons (Fsp3) is 1.00. The summed E-state index contributed by atoms with van der Waals surface area (Å²) in [7, 11) is 0. The van der Waals surface area contributed by atoms with Crippen LogP contribution in [0.3, 0.4) is 0 Å². The molecule has 0 aromatic carbocycles. The quantitative estimate of drug-likeness (QED) is 0.497. The third-order valence-corrected chi connectivity index (χ3v) is 4.65. The minimum atomic E-state index is 1.17. The van der Waals surface area contributed by atoms with Crippen LogP contribution in [0, 0.1) is 23.7 Å². The lowest BCUT2D eigenvalue weighted by Gasteiger charge is -2.45. The van der Waals surface area contributed by atoms with Crippen molar-refractivity contribution in [3.05, 3.63) is 0 Å². The van der Waals surface area contributed by atoms with Gasteiger partial charge >= 0.3 is 0 Å². The molecule has 0 nitrogen and oxygen atoms in total. The SMILES string of the molecule is C1C[C@@H]2C3CCC(CC3)[C@H]2C1. The van der Waals surface area contributed by atoms with Gasteiger partial charge in [0.25, 0.3) is 0 Å². The lowest BCUT2D eigenvalue weighted by Crippen LogP contribution is -2.36. The zero-order chi connectivity index (χ0) is 7.26. The van der Waals surface area contributed by atoms with Gasteiger partial charge in [-0.15, -0.1) is 0 Å². The fourth-order valence-corrected chi connectivity index (χ4v) is 4.19. The van der Waals surface area contributed by atoms with Crippen LogP contribution in [0.15, 0.2) is 0 Å².